The van der Waals surface area contributed by atoms with Crippen LogP contribution in [-0.4, -0.2) is 23.0 Å². The monoisotopic (exact) mass is 235 g/mol. The molecule has 1 aromatic rings. The molecule has 3 nitrogen and oxygen atoms in total. The molecule has 1 saturated heterocycles. The minimum Gasteiger partial charge on any atom is -0.381 e. The van der Waals surface area contributed by atoms with E-state index in [1.54, 1.807) is 0 Å². The van der Waals surface area contributed by atoms with Crippen LogP contribution < -0.4 is 0 Å². The highest BCUT2D eigenvalue weighted by Gasteiger charge is 2.15. The standard InChI is InChI=1S/C8H11BrN2O/c9-7-5-10-11(6-7)8-1-3-12-4-2-8/h5-6,8H,1-4H2/i1D2,2D2,8D. The molecule has 0 spiro atoms. The molecule has 0 unspecified atom stereocenters. The Morgan fingerprint density at radius 2 is 2.50 bits per heavy atom. The molecule has 1 fully saturated rings. The minimum absolute atomic E-state index is 0.326. The van der Waals surface area contributed by atoms with Crippen molar-refractivity contribution in [2.75, 3.05) is 13.2 Å². The first-order valence-corrected chi connectivity index (χ1v) is 4.28. The fourth-order valence-electron chi connectivity index (χ4n) is 0.937. The molecule has 2 rings (SSSR count). The fourth-order valence-corrected chi connectivity index (χ4v) is 1.22. The first-order valence-electron chi connectivity index (χ1n) is 5.99. The quantitative estimate of drug-likeness (QED) is 0.745. The van der Waals surface area contributed by atoms with E-state index in [9.17, 15) is 0 Å². The van der Waals surface area contributed by atoms with Gasteiger partial charge in [-0.1, -0.05) is 0 Å². The zero-order chi connectivity index (χ0) is 12.9. The number of aromatic nitrogens is 2. The summed E-state index contributed by atoms with van der Waals surface area (Å²) in [5, 5.41) is 3.85. The van der Waals surface area contributed by atoms with Crippen molar-refractivity contribution in [3.63, 3.8) is 0 Å². The van der Waals surface area contributed by atoms with E-state index in [4.69, 9.17) is 11.6 Å². The van der Waals surface area contributed by atoms with Gasteiger partial charge in [-0.3, -0.25) is 4.68 Å². The second-order valence-electron chi connectivity index (χ2n) is 2.30. The van der Waals surface area contributed by atoms with E-state index in [1.807, 2.05) is 0 Å². The molecule has 4 heteroatoms. The largest absolute Gasteiger partial charge is 0.381 e. The Morgan fingerprint density at radius 3 is 3.08 bits per heavy atom. The molecule has 2 heterocycles. The molecule has 0 bridgehead atoms. The maximum atomic E-state index is 8.23. The van der Waals surface area contributed by atoms with E-state index in [-0.39, 0.29) is 13.2 Å². The molecule has 1 aromatic heterocycles. The highest BCUT2D eigenvalue weighted by Crippen LogP contribution is 2.21. The highest BCUT2D eigenvalue weighted by molar-refractivity contribution is 9.10. The van der Waals surface area contributed by atoms with Crippen LogP contribution in [0.15, 0.2) is 16.9 Å². The summed E-state index contributed by atoms with van der Waals surface area (Å²) < 4.78 is 46.0. The van der Waals surface area contributed by atoms with Gasteiger partial charge in [-0.2, -0.15) is 5.10 Å². The molecule has 12 heavy (non-hydrogen) atoms. The molecular formula is C8H11BrN2O. The van der Waals surface area contributed by atoms with Crippen molar-refractivity contribution in [3.05, 3.63) is 16.9 Å². The third kappa shape index (κ3) is 1.69. The summed E-state index contributed by atoms with van der Waals surface area (Å²) in [5.41, 5.74) is 0. The van der Waals surface area contributed by atoms with E-state index in [0.29, 0.717) is 4.47 Å². The lowest BCUT2D eigenvalue weighted by Crippen LogP contribution is -2.19. The topological polar surface area (TPSA) is 27.1 Å². The number of ether oxygens (including phenoxy) is 1. The molecule has 0 N–H and O–H groups in total. The molecule has 66 valence electrons. The van der Waals surface area contributed by atoms with Crippen LogP contribution in [0.4, 0.5) is 0 Å². The van der Waals surface area contributed by atoms with Gasteiger partial charge in [0, 0.05) is 24.9 Å². The zero-order valence-corrected chi connectivity index (χ0v) is 7.84. The molecule has 0 radical (unpaired) electrons. The smallest absolute Gasteiger partial charge is 0.0632 e. The van der Waals surface area contributed by atoms with E-state index < -0.39 is 18.8 Å². The predicted octanol–water partition coefficient (Wildman–Crippen LogP) is 2.00. The molecular weight excluding hydrogens is 220 g/mol. The van der Waals surface area contributed by atoms with Crippen molar-refractivity contribution in [2.45, 2.75) is 18.8 Å². The van der Waals surface area contributed by atoms with Crippen LogP contribution in [-0.2, 0) is 4.74 Å². The van der Waals surface area contributed by atoms with Crippen molar-refractivity contribution >= 4 is 15.9 Å². The lowest BCUT2D eigenvalue weighted by atomic mass is 10.1. The van der Waals surface area contributed by atoms with Gasteiger partial charge in [0.2, 0.25) is 0 Å². The van der Waals surface area contributed by atoms with Gasteiger partial charge >= 0.3 is 0 Å². The average Bonchev–Trinajstić information content (AvgIpc) is 2.60. The van der Waals surface area contributed by atoms with E-state index in [2.05, 4.69) is 21.0 Å². The van der Waals surface area contributed by atoms with Gasteiger partial charge in [0.05, 0.1) is 18.1 Å². The molecule has 1 aliphatic heterocycles. The number of nitrogens with zero attached hydrogens (tertiary/aromatic N) is 2. The summed E-state index contributed by atoms with van der Waals surface area (Å²) in [7, 11) is 0. The van der Waals surface area contributed by atoms with Crippen molar-refractivity contribution in [3.8, 4) is 0 Å². The van der Waals surface area contributed by atoms with Gasteiger partial charge in [0.25, 0.3) is 0 Å². The van der Waals surface area contributed by atoms with Crippen LogP contribution in [0.3, 0.4) is 0 Å². The normalized spacial score (nSPS) is 36.9. The number of rotatable bonds is 1. The lowest BCUT2D eigenvalue weighted by molar-refractivity contribution is 0.0662. The maximum Gasteiger partial charge on any atom is 0.0632 e. The first kappa shape index (κ1) is 4.24. The Balaban J connectivity index is 2.56. The summed E-state index contributed by atoms with van der Waals surface area (Å²) in [4.78, 5) is 0. The zero-order valence-electron chi connectivity index (χ0n) is 11.2. The summed E-state index contributed by atoms with van der Waals surface area (Å²) in [6.07, 6.45) is -1.54. The van der Waals surface area contributed by atoms with Crippen LogP contribution >= 0.6 is 15.9 Å². The molecule has 0 saturated carbocycles. The van der Waals surface area contributed by atoms with Gasteiger partial charge in [-0.15, -0.1) is 0 Å². The summed E-state index contributed by atoms with van der Waals surface area (Å²) in [5.74, 6) is 0. The van der Waals surface area contributed by atoms with E-state index in [1.165, 1.54) is 12.4 Å². The summed E-state index contributed by atoms with van der Waals surface area (Å²) in [6.45, 7) is -0.652. The van der Waals surface area contributed by atoms with Crippen molar-refractivity contribution in [1.29, 1.82) is 0 Å². The Bertz CT molecular complexity index is 419. The Labute approximate surface area is 86.9 Å². The Kier molecular flexibility index (Phi) is 1.26. The van der Waals surface area contributed by atoms with Gasteiger partial charge < -0.3 is 4.74 Å². The minimum atomic E-state index is -2.17. The van der Waals surface area contributed by atoms with Gasteiger partial charge in [0.15, 0.2) is 0 Å². The molecule has 0 aliphatic carbocycles. The van der Waals surface area contributed by atoms with Crippen LogP contribution in [0.5, 0.6) is 0 Å². The van der Waals surface area contributed by atoms with Gasteiger partial charge in [0.1, 0.15) is 0 Å². The highest BCUT2D eigenvalue weighted by atomic mass is 79.9. The van der Waals surface area contributed by atoms with Crippen LogP contribution in [0.1, 0.15) is 25.6 Å². The third-order valence-corrected chi connectivity index (χ3v) is 1.87. The van der Waals surface area contributed by atoms with Crippen LogP contribution in [0.2, 0.25) is 0 Å². The molecule has 0 amide bonds. The van der Waals surface area contributed by atoms with Crippen molar-refractivity contribution in [1.82, 2.24) is 9.78 Å². The molecule has 1 aliphatic rings. The SMILES string of the molecule is [2H]C1([2H])COCC([2H])([2H])C1([2H])n1cc(Br)cn1. The number of hydrogen-bond acceptors (Lipinski definition) is 2. The predicted molar refractivity (Wildman–Crippen MR) is 49.0 cm³/mol. The van der Waals surface area contributed by atoms with Crippen LogP contribution in [0, 0.1) is 0 Å². The second-order valence-corrected chi connectivity index (χ2v) is 3.21. The molecule has 0 aromatic carbocycles. The molecule has 0 atom stereocenters. The second kappa shape index (κ2) is 3.58. The maximum absolute atomic E-state index is 8.23. The number of hydrogen-bond donors (Lipinski definition) is 0. The summed E-state index contributed by atoms with van der Waals surface area (Å²) in [6, 6.07) is -2.15. The Morgan fingerprint density at radius 1 is 1.75 bits per heavy atom. The van der Waals surface area contributed by atoms with E-state index in [0.717, 1.165) is 4.68 Å². The van der Waals surface area contributed by atoms with E-state index >= 15 is 0 Å². The van der Waals surface area contributed by atoms with Gasteiger partial charge in [-0.25, -0.2) is 0 Å². The fraction of sp³-hybridized carbons (Fsp3) is 0.625. The van der Waals surface area contributed by atoms with Crippen molar-refractivity contribution < 1.29 is 11.6 Å². The number of halogens is 1. The third-order valence-electron chi connectivity index (χ3n) is 1.46. The average molecular weight is 236 g/mol. The first-order chi connectivity index (χ1) is 7.71. The lowest BCUT2D eigenvalue weighted by Gasteiger charge is -2.22. The van der Waals surface area contributed by atoms with Gasteiger partial charge in [-0.05, 0) is 28.7 Å². The van der Waals surface area contributed by atoms with Crippen molar-refractivity contribution in [2.24, 2.45) is 0 Å². The summed E-state index contributed by atoms with van der Waals surface area (Å²) >= 11 is 3.16. The van der Waals surface area contributed by atoms with Crippen LogP contribution in [0.25, 0.3) is 0 Å². The Hall–Kier alpha value is -0.350.